The third-order valence-electron chi connectivity index (χ3n) is 3.50. The van der Waals surface area contributed by atoms with Crippen molar-refractivity contribution in [2.24, 2.45) is 5.10 Å². The molecule has 0 radical (unpaired) electrons. The van der Waals surface area contributed by atoms with Crippen molar-refractivity contribution in [3.8, 4) is 17.2 Å². The molecule has 0 fully saturated rings. The van der Waals surface area contributed by atoms with Crippen molar-refractivity contribution in [3.05, 3.63) is 47.5 Å². The molecule has 2 rings (SSSR count). The summed E-state index contributed by atoms with van der Waals surface area (Å²) in [5.74, 6) is 1.80. The number of hydrogen-bond donors (Lipinski definition) is 2. The molecule has 0 bridgehead atoms. The molecule has 0 aliphatic carbocycles. The average Bonchev–Trinajstić information content (AvgIpc) is 2.63. The summed E-state index contributed by atoms with van der Waals surface area (Å²) in [5.41, 5.74) is 4.71. The second-order valence-corrected chi connectivity index (χ2v) is 5.09. The Morgan fingerprint density at radius 3 is 2.32 bits per heavy atom. The van der Waals surface area contributed by atoms with Crippen molar-refractivity contribution >= 4 is 17.9 Å². The smallest absolute Gasteiger partial charge is 0.339 e. The Morgan fingerprint density at radius 2 is 1.64 bits per heavy atom. The largest absolute Gasteiger partial charge is 0.495 e. The molecule has 0 saturated carbocycles. The van der Waals surface area contributed by atoms with Crippen molar-refractivity contribution in [1.29, 1.82) is 0 Å². The Labute approximate surface area is 146 Å². The molecule has 2 aromatic rings. The molecule has 0 aromatic heterocycles. The third-order valence-corrected chi connectivity index (χ3v) is 3.50. The van der Waals surface area contributed by atoms with E-state index in [0.717, 1.165) is 11.1 Å². The number of benzene rings is 2. The van der Waals surface area contributed by atoms with E-state index in [1.807, 2.05) is 19.1 Å². The van der Waals surface area contributed by atoms with Crippen molar-refractivity contribution in [3.63, 3.8) is 0 Å². The van der Waals surface area contributed by atoms with E-state index in [0.29, 0.717) is 22.9 Å². The fraction of sp³-hybridized carbons (Fsp3) is 0.222. The SMILES string of the molecule is COc1ccccc1NC(=O)N/N=C/c1cc(OC)c(OC)cc1C. The van der Waals surface area contributed by atoms with Crippen LogP contribution >= 0.6 is 0 Å². The van der Waals surface area contributed by atoms with Gasteiger partial charge in [0.05, 0.1) is 33.2 Å². The van der Waals surface area contributed by atoms with E-state index in [4.69, 9.17) is 14.2 Å². The van der Waals surface area contributed by atoms with Crippen LogP contribution < -0.4 is 25.0 Å². The van der Waals surface area contributed by atoms with E-state index < -0.39 is 6.03 Å². The molecule has 0 aliphatic rings. The van der Waals surface area contributed by atoms with E-state index >= 15 is 0 Å². The highest BCUT2D eigenvalue weighted by atomic mass is 16.5. The number of urea groups is 1. The molecular weight excluding hydrogens is 322 g/mol. The number of carbonyl (C=O) groups is 1. The van der Waals surface area contributed by atoms with Crippen molar-refractivity contribution in [2.45, 2.75) is 6.92 Å². The van der Waals surface area contributed by atoms with Gasteiger partial charge in [-0.2, -0.15) is 5.10 Å². The Balaban J connectivity index is 2.04. The summed E-state index contributed by atoms with van der Waals surface area (Å²) in [5, 5.41) is 6.63. The molecule has 2 aromatic carbocycles. The molecule has 2 amide bonds. The predicted octanol–water partition coefficient (Wildman–Crippen LogP) is 3.18. The zero-order valence-electron chi connectivity index (χ0n) is 14.6. The lowest BCUT2D eigenvalue weighted by molar-refractivity contribution is 0.252. The highest BCUT2D eigenvalue weighted by Gasteiger charge is 2.08. The standard InChI is InChI=1S/C18H21N3O4/c1-12-9-16(24-3)17(25-4)10-13(12)11-19-21-18(22)20-14-7-5-6-8-15(14)23-2/h5-11H,1-4H3,(H2,20,21,22)/b19-11+. The summed E-state index contributed by atoms with van der Waals surface area (Å²) < 4.78 is 15.7. The van der Waals surface area contributed by atoms with Crippen molar-refractivity contribution in [1.82, 2.24) is 5.43 Å². The van der Waals surface area contributed by atoms with Crippen molar-refractivity contribution < 1.29 is 19.0 Å². The van der Waals surface area contributed by atoms with Gasteiger partial charge in [0.1, 0.15) is 5.75 Å². The van der Waals surface area contributed by atoms with Gasteiger partial charge in [-0.25, -0.2) is 10.2 Å². The maximum Gasteiger partial charge on any atom is 0.339 e. The normalized spacial score (nSPS) is 10.4. The summed E-state index contributed by atoms with van der Waals surface area (Å²) in [7, 11) is 4.68. The fourth-order valence-electron chi connectivity index (χ4n) is 2.19. The average molecular weight is 343 g/mol. The van der Waals surface area contributed by atoms with Gasteiger partial charge in [0.25, 0.3) is 0 Å². The van der Waals surface area contributed by atoms with Gasteiger partial charge in [0.2, 0.25) is 0 Å². The maximum atomic E-state index is 11.9. The molecule has 2 N–H and O–H groups in total. The number of ether oxygens (including phenoxy) is 3. The molecule has 25 heavy (non-hydrogen) atoms. The van der Waals surface area contributed by atoms with Crippen LogP contribution in [-0.2, 0) is 0 Å². The molecule has 132 valence electrons. The van der Waals surface area contributed by atoms with Crippen molar-refractivity contribution in [2.75, 3.05) is 26.6 Å². The van der Waals surface area contributed by atoms with E-state index in [1.54, 1.807) is 44.7 Å². The number of para-hydroxylation sites is 2. The Bertz CT molecular complexity index is 775. The zero-order valence-corrected chi connectivity index (χ0v) is 14.6. The lowest BCUT2D eigenvalue weighted by Gasteiger charge is -2.10. The van der Waals surface area contributed by atoms with Crippen LogP contribution in [-0.4, -0.2) is 33.6 Å². The second kappa shape index (κ2) is 8.58. The second-order valence-electron chi connectivity index (χ2n) is 5.09. The maximum absolute atomic E-state index is 11.9. The summed E-state index contributed by atoms with van der Waals surface area (Å²) in [6, 6.07) is 10.3. The van der Waals surface area contributed by atoms with E-state index in [-0.39, 0.29) is 0 Å². The monoisotopic (exact) mass is 343 g/mol. The lowest BCUT2D eigenvalue weighted by Crippen LogP contribution is -2.24. The van der Waals surface area contributed by atoms with Gasteiger partial charge in [-0.15, -0.1) is 0 Å². The Morgan fingerprint density at radius 1 is 1.00 bits per heavy atom. The first kappa shape index (κ1) is 18.1. The van der Waals surface area contributed by atoms with Crippen LogP contribution in [0.25, 0.3) is 0 Å². The first-order valence-corrected chi connectivity index (χ1v) is 7.54. The van der Waals surface area contributed by atoms with Gasteiger partial charge in [-0.3, -0.25) is 0 Å². The van der Waals surface area contributed by atoms with Gasteiger partial charge in [-0.05, 0) is 36.8 Å². The van der Waals surface area contributed by atoms with Crippen LogP contribution in [0.1, 0.15) is 11.1 Å². The van der Waals surface area contributed by atoms with Crippen LogP contribution in [0.15, 0.2) is 41.5 Å². The number of carbonyl (C=O) groups excluding carboxylic acids is 1. The number of amides is 2. The van der Waals surface area contributed by atoms with E-state index in [1.165, 1.54) is 7.11 Å². The predicted molar refractivity (Wildman–Crippen MR) is 97.0 cm³/mol. The first-order valence-electron chi connectivity index (χ1n) is 7.54. The molecule has 0 spiro atoms. The number of nitrogens with zero attached hydrogens (tertiary/aromatic N) is 1. The van der Waals surface area contributed by atoms with Gasteiger partial charge in [-0.1, -0.05) is 12.1 Å². The highest BCUT2D eigenvalue weighted by molar-refractivity contribution is 5.92. The number of aryl methyl sites for hydroxylation is 1. The van der Waals surface area contributed by atoms with Crippen LogP contribution in [0.5, 0.6) is 17.2 Å². The van der Waals surface area contributed by atoms with E-state index in [2.05, 4.69) is 15.8 Å². The summed E-state index contributed by atoms with van der Waals surface area (Å²) in [6.07, 6.45) is 1.54. The van der Waals surface area contributed by atoms with Crippen LogP contribution in [0.4, 0.5) is 10.5 Å². The number of hydrogen-bond acceptors (Lipinski definition) is 5. The topological polar surface area (TPSA) is 81.2 Å². The minimum absolute atomic E-state index is 0.473. The molecule has 7 heteroatoms. The molecule has 0 heterocycles. The summed E-state index contributed by atoms with van der Waals surface area (Å²) in [4.78, 5) is 11.9. The zero-order chi connectivity index (χ0) is 18.2. The quantitative estimate of drug-likeness (QED) is 0.623. The molecule has 0 unspecified atom stereocenters. The van der Waals surface area contributed by atoms with Gasteiger partial charge in [0, 0.05) is 5.56 Å². The molecular formula is C18H21N3O4. The number of nitrogens with one attached hydrogen (secondary N) is 2. The van der Waals surface area contributed by atoms with Crippen LogP contribution in [0.3, 0.4) is 0 Å². The van der Waals surface area contributed by atoms with Crippen LogP contribution in [0.2, 0.25) is 0 Å². The highest BCUT2D eigenvalue weighted by Crippen LogP contribution is 2.29. The summed E-state index contributed by atoms with van der Waals surface area (Å²) >= 11 is 0. The summed E-state index contributed by atoms with van der Waals surface area (Å²) in [6.45, 7) is 1.91. The number of anilines is 1. The first-order chi connectivity index (χ1) is 12.1. The lowest BCUT2D eigenvalue weighted by atomic mass is 10.1. The van der Waals surface area contributed by atoms with Gasteiger partial charge in [0.15, 0.2) is 11.5 Å². The molecule has 0 atom stereocenters. The number of hydrazone groups is 1. The minimum atomic E-state index is -0.473. The Hall–Kier alpha value is -3.22. The Kier molecular flexibility index (Phi) is 6.22. The molecule has 7 nitrogen and oxygen atoms in total. The third kappa shape index (κ3) is 4.63. The fourth-order valence-corrected chi connectivity index (χ4v) is 2.19. The molecule has 0 aliphatic heterocycles. The van der Waals surface area contributed by atoms with E-state index in [9.17, 15) is 4.79 Å². The number of methoxy groups -OCH3 is 3. The number of rotatable bonds is 6. The minimum Gasteiger partial charge on any atom is -0.495 e. The van der Waals surface area contributed by atoms with Gasteiger partial charge < -0.3 is 19.5 Å². The molecule has 0 saturated heterocycles. The van der Waals surface area contributed by atoms with Crippen LogP contribution in [0, 0.1) is 6.92 Å². The van der Waals surface area contributed by atoms with Gasteiger partial charge >= 0.3 is 6.03 Å².